The van der Waals surface area contributed by atoms with Gasteiger partial charge in [-0.25, -0.2) is 13.2 Å². The van der Waals surface area contributed by atoms with Gasteiger partial charge in [0, 0.05) is 13.1 Å². The Morgan fingerprint density at radius 1 is 0.771 bits per heavy atom. The number of hydrogen-bond donors (Lipinski definition) is 1. The van der Waals surface area contributed by atoms with E-state index in [-0.39, 0.29) is 22.7 Å². The number of rotatable bonds is 9. The SMILES string of the molecule is CC(C)CN(Cc1cccc(F)c1)Cc1ccc(C(O)(c2cccc(F)c2)c2cccc(F)c2)o1. The average molecular weight is 480 g/mol. The van der Waals surface area contributed by atoms with Crippen molar-refractivity contribution in [2.24, 2.45) is 5.92 Å². The van der Waals surface area contributed by atoms with Crippen molar-refractivity contribution in [3.8, 4) is 0 Å². The van der Waals surface area contributed by atoms with Gasteiger partial charge in [-0.2, -0.15) is 0 Å². The van der Waals surface area contributed by atoms with Gasteiger partial charge in [0.15, 0.2) is 5.60 Å². The third-order valence-corrected chi connectivity index (χ3v) is 5.80. The zero-order valence-electron chi connectivity index (χ0n) is 19.7. The van der Waals surface area contributed by atoms with Crippen molar-refractivity contribution < 1.29 is 22.7 Å². The normalized spacial score (nSPS) is 12.0. The summed E-state index contributed by atoms with van der Waals surface area (Å²) in [6.45, 7) is 5.86. The summed E-state index contributed by atoms with van der Waals surface area (Å²) in [5.41, 5.74) is -0.604. The Morgan fingerprint density at radius 2 is 1.34 bits per heavy atom. The van der Waals surface area contributed by atoms with E-state index in [0.29, 0.717) is 24.8 Å². The van der Waals surface area contributed by atoms with Crippen molar-refractivity contribution in [2.75, 3.05) is 6.54 Å². The lowest BCUT2D eigenvalue weighted by atomic mass is 9.84. The molecule has 0 spiro atoms. The Hall–Kier alpha value is -3.35. The molecule has 0 aliphatic rings. The minimum absolute atomic E-state index is 0.152. The summed E-state index contributed by atoms with van der Waals surface area (Å²) in [7, 11) is 0. The molecule has 0 bridgehead atoms. The summed E-state index contributed by atoms with van der Waals surface area (Å²) in [5, 5.41) is 11.9. The molecule has 3 aromatic carbocycles. The van der Waals surface area contributed by atoms with E-state index in [0.717, 1.165) is 12.1 Å². The number of nitrogens with zero attached hydrogens (tertiary/aromatic N) is 1. The molecular formula is C29H28F3NO2. The Kier molecular flexibility index (Phi) is 7.43. The lowest BCUT2D eigenvalue weighted by Crippen LogP contribution is -2.29. The number of furan rings is 1. The van der Waals surface area contributed by atoms with E-state index in [1.54, 1.807) is 30.3 Å². The van der Waals surface area contributed by atoms with E-state index in [1.807, 2.05) is 6.07 Å². The summed E-state index contributed by atoms with van der Waals surface area (Å²) in [6.07, 6.45) is 0. The molecule has 3 nitrogen and oxygen atoms in total. The highest BCUT2D eigenvalue weighted by molar-refractivity contribution is 5.44. The van der Waals surface area contributed by atoms with E-state index in [2.05, 4.69) is 18.7 Å². The Balaban J connectivity index is 1.68. The summed E-state index contributed by atoms with van der Waals surface area (Å²) in [6, 6.07) is 20.9. The third kappa shape index (κ3) is 5.84. The zero-order valence-corrected chi connectivity index (χ0v) is 19.7. The van der Waals surface area contributed by atoms with Crippen LogP contribution in [0.25, 0.3) is 0 Å². The molecule has 0 saturated heterocycles. The maximum atomic E-state index is 14.1. The maximum absolute atomic E-state index is 14.1. The molecule has 182 valence electrons. The average Bonchev–Trinajstić information content (AvgIpc) is 3.27. The van der Waals surface area contributed by atoms with Gasteiger partial charge in [-0.05, 0) is 71.1 Å². The fourth-order valence-electron chi connectivity index (χ4n) is 4.35. The van der Waals surface area contributed by atoms with Crippen LogP contribution in [0.4, 0.5) is 13.2 Å². The fraction of sp³-hybridized carbons (Fsp3) is 0.241. The second-order valence-corrected chi connectivity index (χ2v) is 9.19. The van der Waals surface area contributed by atoms with Gasteiger partial charge in [0.25, 0.3) is 0 Å². The molecule has 35 heavy (non-hydrogen) atoms. The monoisotopic (exact) mass is 479 g/mol. The van der Waals surface area contributed by atoms with Crippen LogP contribution in [0.5, 0.6) is 0 Å². The molecule has 0 radical (unpaired) electrons. The first-order chi connectivity index (χ1) is 16.7. The molecule has 0 amide bonds. The smallest absolute Gasteiger partial charge is 0.173 e. The van der Waals surface area contributed by atoms with Gasteiger partial charge in [-0.1, -0.05) is 50.2 Å². The molecule has 0 saturated carbocycles. The van der Waals surface area contributed by atoms with E-state index < -0.39 is 17.2 Å². The molecule has 1 N–H and O–H groups in total. The highest BCUT2D eigenvalue weighted by atomic mass is 19.1. The molecule has 1 heterocycles. The van der Waals surface area contributed by atoms with Crippen molar-refractivity contribution in [1.29, 1.82) is 0 Å². The highest BCUT2D eigenvalue weighted by Gasteiger charge is 2.38. The van der Waals surface area contributed by atoms with Gasteiger partial charge in [-0.3, -0.25) is 4.90 Å². The van der Waals surface area contributed by atoms with Crippen molar-refractivity contribution in [3.05, 3.63) is 131 Å². The molecule has 1 aromatic heterocycles. The van der Waals surface area contributed by atoms with Gasteiger partial charge in [0.2, 0.25) is 0 Å². The van der Waals surface area contributed by atoms with Crippen LogP contribution in [0.15, 0.2) is 89.3 Å². The number of hydrogen-bond acceptors (Lipinski definition) is 3. The number of aliphatic hydroxyl groups is 1. The van der Waals surface area contributed by atoms with Crippen molar-refractivity contribution in [1.82, 2.24) is 4.90 Å². The summed E-state index contributed by atoms with van der Waals surface area (Å²) in [5.74, 6) is -0.260. The summed E-state index contributed by atoms with van der Waals surface area (Å²) in [4.78, 5) is 2.13. The van der Waals surface area contributed by atoms with Crippen LogP contribution in [-0.2, 0) is 18.7 Å². The lowest BCUT2D eigenvalue weighted by molar-refractivity contribution is 0.0941. The largest absolute Gasteiger partial charge is 0.461 e. The topological polar surface area (TPSA) is 36.6 Å². The molecule has 6 heteroatoms. The van der Waals surface area contributed by atoms with Gasteiger partial charge in [-0.15, -0.1) is 0 Å². The Morgan fingerprint density at radius 3 is 1.89 bits per heavy atom. The van der Waals surface area contributed by atoms with Crippen LogP contribution < -0.4 is 0 Å². The van der Waals surface area contributed by atoms with E-state index in [1.165, 1.54) is 48.5 Å². The minimum atomic E-state index is -1.89. The predicted molar refractivity (Wildman–Crippen MR) is 129 cm³/mol. The van der Waals surface area contributed by atoms with E-state index >= 15 is 0 Å². The highest BCUT2D eigenvalue weighted by Crippen LogP contribution is 2.38. The molecule has 4 aromatic rings. The van der Waals surface area contributed by atoms with Gasteiger partial charge in [0.1, 0.15) is 29.0 Å². The molecule has 0 aliphatic carbocycles. The van der Waals surface area contributed by atoms with Crippen LogP contribution in [0.2, 0.25) is 0 Å². The van der Waals surface area contributed by atoms with Crippen LogP contribution in [0.1, 0.15) is 42.1 Å². The first-order valence-electron chi connectivity index (χ1n) is 11.5. The molecule has 0 fully saturated rings. The summed E-state index contributed by atoms with van der Waals surface area (Å²) < 4.78 is 48.0. The number of benzene rings is 3. The first-order valence-corrected chi connectivity index (χ1v) is 11.5. The molecular weight excluding hydrogens is 451 g/mol. The molecule has 0 atom stereocenters. The Bertz CT molecular complexity index is 1240. The van der Waals surface area contributed by atoms with Gasteiger partial charge < -0.3 is 9.52 Å². The number of halogens is 3. The van der Waals surface area contributed by atoms with Gasteiger partial charge in [0.05, 0.1) is 6.54 Å². The third-order valence-electron chi connectivity index (χ3n) is 5.80. The fourth-order valence-corrected chi connectivity index (χ4v) is 4.35. The maximum Gasteiger partial charge on any atom is 0.173 e. The second kappa shape index (κ2) is 10.5. The van der Waals surface area contributed by atoms with E-state index in [9.17, 15) is 18.3 Å². The molecule has 0 unspecified atom stereocenters. The van der Waals surface area contributed by atoms with Gasteiger partial charge >= 0.3 is 0 Å². The molecule has 4 rings (SSSR count). The summed E-state index contributed by atoms with van der Waals surface area (Å²) >= 11 is 0. The van der Waals surface area contributed by atoms with Crippen molar-refractivity contribution in [3.63, 3.8) is 0 Å². The van der Waals surface area contributed by atoms with Crippen LogP contribution >= 0.6 is 0 Å². The quantitative estimate of drug-likeness (QED) is 0.292. The van der Waals surface area contributed by atoms with Crippen LogP contribution in [0.3, 0.4) is 0 Å². The van der Waals surface area contributed by atoms with E-state index in [4.69, 9.17) is 4.42 Å². The molecule has 0 aliphatic heterocycles. The second-order valence-electron chi connectivity index (χ2n) is 9.19. The predicted octanol–water partition coefficient (Wildman–Crippen LogP) is 6.64. The Labute approximate surface area is 203 Å². The van der Waals surface area contributed by atoms with Crippen molar-refractivity contribution >= 4 is 0 Å². The zero-order chi connectivity index (χ0) is 25.0. The van der Waals surface area contributed by atoms with Crippen LogP contribution in [0, 0.1) is 23.4 Å². The lowest BCUT2D eigenvalue weighted by Gasteiger charge is -2.28. The standard InChI is InChI=1S/C29H28F3NO2/c1-20(2)17-33(18-21-6-3-9-24(30)14-21)19-27-12-13-28(35-27)29(34,22-7-4-10-25(31)15-22)23-8-5-11-26(32)16-23/h3-16,20,34H,17-19H2,1-2H3. The van der Waals surface area contributed by atoms with Crippen LogP contribution in [-0.4, -0.2) is 16.6 Å². The first kappa shape index (κ1) is 24.8. The minimum Gasteiger partial charge on any atom is -0.461 e. The van der Waals surface area contributed by atoms with Crippen molar-refractivity contribution in [2.45, 2.75) is 32.5 Å².